The smallest absolute Gasteiger partial charge is 0.270 e. The Morgan fingerprint density at radius 3 is 2.38 bits per heavy atom. The molecular formula is C24H21N3O5. The summed E-state index contributed by atoms with van der Waals surface area (Å²) in [5.74, 6) is -0.753. The van der Waals surface area contributed by atoms with Gasteiger partial charge in [0.15, 0.2) is 0 Å². The van der Waals surface area contributed by atoms with Crippen LogP contribution in [-0.2, 0) is 16.2 Å². The zero-order valence-electron chi connectivity index (χ0n) is 17.4. The fraction of sp³-hybridized carbons (Fsp3) is 0.292. The number of carbonyl (C=O) groups is 2. The van der Waals surface area contributed by atoms with E-state index in [-0.39, 0.29) is 47.8 Å². The molecule has 2 fully saturated rings. The number of fused-ring (bicyclic) bond motifs is 5. The number of nitrogens with zero attached hydrogens (tertiary/aromatic N) is 3. The Morgan fingerprint density at radius 2 is 1.75 bits per heavy atom. The topological polar surface area (TPSA) is 102 Å². The SMILES string of the molecule is Cc1ccc(COc2ccc([N+](=O)[O-])cc2C=NN2C(=O)[C@@H]3[C@H](C2=O)[C@H]2C=C[C@H]3C2)cc1. The zero-order chi connectivity index (χ0) is 22.4. The number of allylic oxidation sites excluding steroid dienone is 2. The Balaban J connectivity index is 1.39. The summed E-state index contributed by atoms with van der Waals surface area (Å²) in [6, 6.07) is 12.0. The predicted octanol–water partition coefficient (Wildman–Crippen LogP) is 3.62. The molecular weight excluding hydrogens is 410 g/mol. The number of rotatable bonds is 6. The van der Waals surface area contributed by atoms with Crippen LogP contribution in [0.25, 0.3) is 0 Å². The summed E-state index contributed by atoms with van der Waals surface area (Å²) in [5.41, 5.74) is 2.26. The molecule has 1 aliphatic heterocycles. The van der Waals surface area contributed by atoms with Gasteiger partial charge in [0.05, 0.1) is 23.0 Å². The molecule has 4 atom stereocenters. The minimum atomic E-state index is -0.513. The summed E-state index contributed by atoms with van der Waals surface area (Å²) in [7, 11) is 0. The largest absolute Gasteiger partial charge is 0.488 e. The number of non-ortho nitro benzene ring substituents is 1. The number of aryl methyl sites for hydroxylation is 1. The number of hydrogen-bond donors (Lipinski definition) is 0. The van der Waals surface area contributed by atoms with Gasteiger partial charge in [-0.25, -0.2) is 0 Å². The van der Waals surface area contributed by atoms with E-state index in [1.54, 1.807) is 0 Å². The Labute approximate surface area is 184 Å². The van der Waals surface area contributed by atoms with Crippen LogP contribution in [0.4, 0.5) is 5.69 Å². The van der Waals surface area contributed by atoms with Gasteiger partial charge in [0.25, 0.3) is 17.5 Å². The van der Waals surface area contributed by atoms with E-state index in [1.165, 1.54) is 24.4 Å². The molecule has 1 heterocycles. The Bertz CT molecular complexity index is 1140. The maximum absolute atomic E-state index is 12.8. The molecule has 1 saturated heterocycles. The van der Waals surface area contributed by atoms with Crippen molar-refractivity contribution in [3.05, 3.63) is 81.4 Å². The minimum Gasteiger partial charge on any atom is -0.488 e. The van der Waals surface area contributed by atoms with Crippen LogP contribution in [0.3, 0.4) is 0 Å². The number of amides is 2. The van der Waals surface area contributed by atoms with Crippen molar-refractivity contribution in [3.8, 4) is 5.75 Å². The lowest BCUT2D eigenvalue weighted by atomic mass is 9.85. The molecule has 0 N–H and O–H groups in total. The van der Waals surface area contributed by atoms with Crippen molar-refractivity contribution >= 4 is 23.7 Å². The number of hydrazone groups is 1. The average Bonchev–Trinajstić information content (AvgIpc) is 3.46. The molecule has 32 heavy (non-hydrogen) atoms. The summed E-state index contributed by atoms with van der Waals surface area (Å²) in [6.45, 7) is 2.26. The van der Waals surface area contributed by atoms with Gasteiger partial charge in [-0.05, 0) is 36.8 Å². The molecule has 0 spiro atoms. The second-order valence-corrected chi connectivity index (χ2v) is 8.49. The summed E-state index contributed by atoms with van der Waals surface area (Å²) in [5, 5.41) is 16.3. The van der Waals surface area contributed by atoms with Gasteiger partial charge >= 0.3 is 0 Å². The molecule has 1 saturated carbocycles. The van der Waals surface area contributed by atoms with Crippen molar-refractivity contribution in [3.63, 3.8) is 0 Å². The molecule has 2 bridgehead atoms. The molecule has 0 unspecified atom stereocenters. The van der Waals surface area contributed by atoms with Crippen LogP contribution in [-0.4, -0.2) is 28.0 Å². The second-order valence-electron chi connectivity index (χ2n) is 8.49. The third kappa shape index (κ3) is 3.37. The van der Waals surface area contributed by atoms with Crippen LogP contribution >= 0.6 is 0 Å². The van der Waals surface area contributed by atoms with Gasteiger partial charge in [0.1, 0.15) is 12.4 Å². The van der Waals surface area contributed by atoms with E-state index >= 15 is 0 Å². The van der Waals surface area contributed by atoms with Gasteiger partial charge in [-0.15, -0.1) is 0 Å². The fourth-order valence-corrected chi connectivity index (χ4v) is 4.85. The van der Waals surface area contributed by atoms with Gasteiger partial charge in [-0.1, -0.05) is 42.0 Å². The van der Waals surface area contributed by atoms with E-state index in [0.29, 0.717) is 11.3 Å². The number of hydrogen-bond acceptors (Lipinski definition) is 6. The van der Waals surface area contributed by atoms with Gasteiger partial charge < -0.3 is 4.74 Å². The highest BCUT2D eigenvalue weighted by molar-refractivity contribution is 6.07. The number of nitro groups is 1. The van der Waals surface area contributed by atoms with Crippen LogP contribution in [0.2, 0.25) is 0 Å². The van der Waals surface area contributed by atoms with Crippen molar-refractivity contribution in [1.82, 2.24) is 5.01 Å². The molecule has 2 aromatic carbocycles. The first kappa shape index (κ1) is 20.1. The van der Waals surface area contributed by atoms with Crippen molar-refractivity contribution in [2.45, 2.75) is 20.0 Å². The molecule has 2 aliphatic carbocycles. The first-order valence-corrected chi connectivity index (χ1v) is 10.5. The first-order valence-electron chi connectivity index (χ1n) is 10.5. The Morgan fingerprint density at radius 1 is 1.09 bits per heavy atom. The minimum absolute atomic E-state index is 0.0906. The van der Waals surface area contributed by atoms with Crippen LogP contribution < -0.4 is 4.74 Å². The predicted molar refractivity (Wildman–Crippen MR) is 116 cm³/mol. The van der Waals surface area contributed by atoms with Crippen molar-refractivity contribution < 1.29 is 19.2 Å². The van der Waals surface area contributed by atoms with Gasteiger partial charge in [-0.3, -0.25) is 19.7 Å². The lowest BCUT2D eigenvalue weighted by Crippen LogP contribution is -2.28. The molecule has 8 heteroatoms. The third-order valence-corrected chi connectivity index (χ3v) is 6.48. The molecule has 2 amide bonds. The number of imide groups is 1. The quantitative estimate of drug-likeness (QED) is 0.229. The monoisotopic (exact) mass is 431 g/mol. The summed E-state index contributed by atoms with van der Waals surface area (Å²) < 4.78 is 5.87. The van der Waals surface area contributed by atoms with E-state index in [0.717, 1.165) is 22.6 Å². The molecule has 8 nitrogen and oxygen atoms in total. The maximum atomic E-state index is 12.8. The van der Waals surface area contributed by atoms with Crippen molar-refractivity contribution in [2.24, 2.45) is 28.8 Å². The molecule has 0 radical (unpaired) electrons. The maximum Gasteiger partial charge on any atom is 0.270 e. The lowest BCUT2D eigenvalue weighted by molar-refractivity contribution is -0.384. The van der Waals surface area contributed by atoms with E-state index < -0.39 is 4.92 Å². The Hall–Kier alpha value is -3.81. The van der Waals surface area contributed by atoms with Crippen molar-refractivity contribution in [2.75, 3.05) is 0 Å². The van der Waals surface area contributed by atoms with E-state index in [4.69, 9.17) is 4.74 Å². The summed E-state index contributed by atoms with van der Waals surface area (Å²) in [6.07, 6.45) is 6.17. The highest BCUT2D eigenvalue weighted by Crippen LogP contribution is 2.52. The van der Waals surface area contributed by atoms with E-state index in [1.807, 2.05) is 43.3 Å². The molecule has 5 rings (SSSR count). The highest BCUT2D eigenvalue weighted by atomic mass is 16.6. The molecule has 2 aromatic rings. The summed E-state index contributed by atoms with van der Waals surface area (Å²) in [4.78, 5) is 36.4. The first-order chi connectivity index (χ1) is 15.4. The van der Waals surface area contributed by atoms with Gasteiger partial charge in [-0.2, -0.15) is 10.1 Å². The van der Waals surface area contributed by atoms with Crippen LogP contribution in [0, 0.1) is 40.7 Å². The third-order valence-electron chi connectivity index (χ3n) is 6.48. The standard InChI is InChI=1S/C24H21N3O5/c1-14-2-4-15(5-3-14)13-32-20-9-8-19(27(30)31)11-18(20)12-25-26-23(28)21-16-6-7-17(10-16)22(21)24(26)29/h2-9,11-12,16-17,21-22H,10,13H2,1H3/t16-,17-,21-,22+/m0/s1. The lowest BCUT2D eigenvalue weighted by Gasteiger charge is -2.13. The van der Waals surface area contributed by atoms with E-state index in [2.05, 4.69) is 5.10 Å². The van der Waals surface area contributed by atoms with Gasteiger partial charge in [0, 0.05) is 17.7 Å². The number of benzene rings is 2. The molecule has 162 valence electrons. The Kier molecular flexibility index (Phi) is 4.84. The second kappa shape index (κ2) is 7.71. The average molecular weight is 431 g/mol. The fourth-order valence-electron chi connectivity index (χ4n) is 4.85. The van der Waals surface area contributed by atoms with Gasteiger partial charge in [0.2, 0.25) is 0 Å². The van der Waals surface area contributed by atoms with Crippen LogP contribution in [0.5, 0.6) is 5.75 Å². The number of ether oxygens (including phenoxy) is 1. The van der Waals surface area contributed by atoms with Crippen LogP contribution in [0.1, 0.15) is 23.1 Å². The van der Waals surface area contributed by atoms with Crippen LogP contribution in [0.15, 0.2) is 59.7 Å². The number of carbonyl (C=O) groups excluding carboxylic acids is 2. The molecule has 0 aromatic heterocycles. The normalized spacial score (nSPS) is 25.7. The highest BCUT2D eigenvalue weighted by Gasteiger charge is 2.59. The summed E-state index contributed by atoms with van der Waals surface area (Å²) >= 11 is 0. The van der Waals surface area contributed by atoms with Crippen molar-refractivity contribution in [1.29, 1.82) is 0 Å². The zero-order valence-corrected chi connectivity index (χ0v) is 17.4. The van der Waals surface area contributed by atoms with E-state index in [9.17, 15) is 19.7 Å². The molecule has 3 aliphatic rings. The number of nitro benzene ring substituents is 1.